The molecule has 2 heteroatoms. The minimum atomic E-state index is -0.361. The van der Waals surface area contributed by atoms with Gasteiger partial charge >= 0.3 is 0 Å². The molecule has 0 saturated carbocycles. The molecular formula is C13H27NO. The van der Waals surface area contributed by atoms with E-state index in [0.717, 1.165) is 25.8 Å². The number of rotatable bonds is 5. The Labute approximate surface area is 94.7 Å². The Kier molecular flexibility index (Phi) is 5.07. The lowest BCUT2D eigenvalue weighted by molar-refractivity contribution is -0.0434. The van der Waals surface area contributed by atoms with Crippen molar-refractivity contribution in [3.8, 4) is 0 Å². The highest BCUT2D eigenvalue weighted by Gasteiger charge is 2.34. The Morgan fingerprint density at radius 2 is 2.07 bits per heavy atom. The molecule has 1 N–H and O–H groups in total. The van der Waals surface area contributed by atoms with E-state index in [1.807, 2.05) is 0 Å². The Bertz CT molecular complexity index is 183. The van der Waals surface area contributed by atoms with Crippen molar-refractivity contribution in [1.29, 1.82) is 0 Å². The van der Waals surface area contributed by atoms with Crippen LogP contribution in [0.4, 0.5) is 0 Å². The summed E-state index contributed by atoms with van der Waals surface area (Å²) in [5, 5.41) is 10.4. The van der Waals surface area contributed by atoms with Crippen molar-refractivity contribution in [3.63, 3.8) is 0 Å². The van der Waals surface area contributed by atoms with Gasteiger partial charge in [0.2, 0.25) is 0 Å². The zero-order valence-corrected chi connectivity index (χ0v) is 10.6. The van der Waals surface area contributed by atoms with Gasteiger partial charge in [-0.15, -0.1) is 0 Å². The molecule has 0 aliphatic carbocycles. The van der Waals surface area contributed by atoms with E-state index in [2.05, 4.69) is 25.8 Å². The van der Waals surface area contributed by atoms with Gasteiger partial charge in [0.15, 0.2) is 0 Å². The van der Waals surface area contributed by atoms with Crippen LogP contribution in [0.1, 0.15) is 58.8 Å². The number of hydrogen-bond donors (Lipinski definition) is 1. The maximum absolute atomic E-state index is 10.4. The molecule has 90 valence electrons. The highest BCUT2D eigenvalue weighted by Crippen LogP contribution is 2.30. The van der Waals surface area contributed by atoms with Crippen molar-refractivity contribution >= 4 is 0 Å². The smallest absolute Gasteiger partial charge is 0.0674 e. The van der Waals surface area contributed by atoms with Crippen molar-refractivity contribution < 1.29 is 5.11 Å². The molecule has 0 aromatic rings. The Morgan fingerprint density at radius 3 is 2.67 bits per heavy atom. The summed E-state index contributed by atoms with van der Waals surface area (Å²) in [6.07, 6.45) is 7.98. The van der Waals surface area contributed by atoms with Gasteiger partial charge in [-0.05, 0) is 33.2 Å². The fourth-order valence-corrected chi connectivity index (χ4v) is 2.52. The molecule has 1 aliphatic rings. The third kappa shape index (κ3) is 4.12. The molecule has 1 heterocycles. The van der Waals surface area contributed by atoms with Crippen LogP contribution in [0, 0.1) is 0 Å². The lowest BCUT2D eigenvalue weighted by Crippen LogP contribution is -2.47. The van der Waals surface area contributed by atoms with E-state index in [0.29, 0.717) is 6.04 Å². The van der Waals surface area contributed by atoms with Gasteiger partial charge in [-0.2, -0.15) is 0 Å². The molecular weight excluding hydrogens is 186 g/mol. The van der Waals surface area contributed by atoms with Crippen LogP contribution in [0.25, 0.3) is 0 Å². The normalized spacial score (nSPS) is 33.2. The summed E-state index contributed by atoms with van der Waals surface area (Å²) in [6, 6.07) is 0.537. The summed E-state index contributed by atoms with van der Waals surface area (Å²) >= 11 is 0. The summed E-state index contributed by atoms with van der Waals surface area (Å²) in [5.74, 6) is 0. The number of aliphatic hydroxyl groups is 1. The summed E-state index contributed by atoms with van der Waals surface area (Å²) in [7, 11) is 2.15. The number of hydrogen-bond acceptors (Lipinski definition) is 2. The highest BCUT2D eigenvalue weighted by atomic mass is 16.3. The summed E-state index contributed by atoms with van der Waals surface area (Å²) in [6.45, 7) is 5.49. The van der Waals surface area contributed by atoms with Crippen molar-refractivity contribution in [2.75, 3.05) is 13.6 Å². The molecule has 0 spiro atoms. The predicted octanol–water partition coefficient (Wildman–Crippen LogP) is 2.80. The lowest BCUT2D eigenvalue weighted by atomic mass is 9.83. The third-order valence-corrected chi connectivity index (χ3v) is 3.85. The quantitative estimate of drug-likeness (QED) is 0.710. The van der Waals surface area contributed by atoms with Crippen LogP contribution in [0.5, 0.6) is 0 Å². The van der Waals surface area contributed by atoms with Crippen molar-refractivity contribution in [1.82, 2.24) is 4.90 Å². The molecule has 1 fully saturated rings. The molecule has 1 saturated heterocycles. The lowest BCUT2D eigenvalue weighted by Gasteiger charge is -2.41. The van der Waals surface area contributed by atoms with Gasteiger partial charge in [0.05, 0.1) is 5.60 Å². The molecule has 0 aromatic carbocycles. The number of unbranched alkanes of at least 4 members (excludes halogenated alkanes) is 3. The van der Waals surface area contributed by atoms with Gasteiger partial charge in [-0.1, -0.05) is 32.6 Å². The zero-order valence-electron chi connectivity index (χ0n) is 10.6. The number of nitrogens with zero attached hydrogens (tertiary/aromatic N) is 1. The molecule has 0 amide bonds. The molecule has 0 radical (unpaired) electrons. The molecule has 0 aromatic heterocycles. The van der Waals surface area contributed by atoms with E-state index in [4.69, 9.17) is 0 Å². The SMILES string of the molecule is CCCCCCC1(O)CCN(C)C(C)C1. The van der Waals surface area contributed by atoms with Gasteiger partial charge in [-0.3, -0.25) is 0 Å². The molecule has 0 bridgehead atoms. The topological polar surface area (TPSA) is 23.5 Å². The van der Waals surface area contributed by atoms with Crippen molar-refractivity contribution in [2.24, 2.45) is 0 Å². The molecule has 2 unspecified atom stereocenters. The molecule has 1 aliphatic heterocycles. The van der Waals surface area contributed by atoms with Crippen molar-refractivity contribution in [2.45, 2.75) is 70.4 Å². The van der Waals surface area contributed by atoms with Crippen LogP contribution in [0.15, 0.2) is 0 Å². The van der Waals surface area contributed by atoms with Gasteiger partial charge in [0.1, 0.15) is 0 Å². The first-order valence-corrected chi connectivity index (χ1v) is 6.50. The number of piperidine rings is 1. The van der Waals surface area contributed by atoms with Crippen LogP contribution in [-0.4, -0.2) is 35.2 Å². The first-order chi connectivity index (χ1) is 7.07. The Morgan fingerprint density at radius 1 is 1.33 bits per heavy atom. The van der Waals surface area contributed by atoms with Crippen LogP contribution in [0.2, 0.25) is 0 Å². The minimum Gasteiger partial charge on any atom is -0.390 e. The van der Waals surface area contributed by atoms with Crippen LogP contribution >= 0.6 is 0 Å². The Balaban J connectivity index is 2.26. The van der Waals surface area contributed by atoms with E-state index in [-0.39, 0.29) is 5.60 Å². The second kappa shape index (κ2) is 5.86. The molecule has 2 nitrogen and oxygen atoms in total. The van der Waals surface area contributed by atoms with E-state index in [9.17, 15) is 5.11 Å². The zero-order chi connectivity index (χ0) is 11.3. The van der Waals surface area contributed by atoms with Crippen molar-refractivity contribution in [3.05, 3.63) is 0 Å². The number of likely N-dealkylation sites (tertiary alicyclic amines) is 1. The fourth-order valence-electron chi connectivity index (χ4n) is 2.52. The molecule has 2 atom stereocenters. The van der Waals surface area contributed by atoms with E-state index in [1.54, 1.807) is 0 Å². The van der Waals surface area contributed by atoms with Crippen LogP contribution in [0.3, 0.4) is 0 Å². The largest absolute Gasteiger partial charge is 0.390 e. The summed E-state index contributed by atoms with van der Waals surface area (Å²) in [5.41, 5.74) is -0.361. The Hall–Kier alpha value is -0.0800. The van der Waals surface area contributed by atoms with E-state index >= 15 is 0 Å². The highest BCUT2D eigenvalue weighted by molar-refractivity contribution is 4.88. The van der Waals surface area contributed by atoms with E-state index in [1.165, 1.54) is 25.7 Å². The second-order valence-electron chi connectivity index (χ2n) is 5.32. The van der Waals surface area contributed by atoms with Crippen LogP contribution < -0.4 is 0 Å². The predicted molar refractivity (Wildman–Crippen MR) is 65.0 cm³/mol. The average molecular weight is 213 g/mol. The summed E-state index contributed by atoms with van der Waals surface area (Å²) in [4.78, 5) is 2.35. The first kappa shape index (κ1) is 13.0. The van der Waals surface area contributed by atoms with Gasteiger partial charge in [0.25, 0.3) is 0 Å². The van der Waals surface area contributed by atoms with Gasteiger partial charge < -0.3 is 10.0 Å². The van der Waals surface area contributed by atoms with Crippen LogP contribution in [-0.2, 0) is 0 Å². The van der Waals surface area contributed by atoms with Gasteiger partial charge in [-0.25, -0.2) is 0 Å². The second-order valence-corrected chi connectivity index (χ2v) is 5.32. The fraction of sp³-hybridized carbons (Fsp3) is 1.00. The maximum atomic E-state index is 10.4. The first-order valence-electron chi connectivity index (χ1n) is 6.50. The van der Waals surface area contributed by atoms with E-state index < -0.39 is 0 Å². The average Bonchev–Trinajstić information content (AvgIpc) is 2.20. The molecule has 1 rings (SSSR count). The summed E-state index contributed by atoms with van der Waals surface area (Å²) < 4.78 is 0. The third-order valence-electron chi connectivity index (χ3n) is 3.85. The van der Waals surface area contributed by atoms with Gasteiger partial charge in [0, 0.05) is 12.6 Å². The monoisotopic (exact) mass is 213 g/mol. The molecule has 15 heavy (non-hydrogen) atoms. The maximum Gasteiger partial charge on any atom is 0.0674 e. The minimum absolute atomic E-state index is 0.361. The standard InChI is InChI=1S/C13H27NO/c1-4-5-6-7-8-13(15)9-10-14(3)12(2)11-13/h12,15H,4-11H2,1-3H3.